The molecule has 1 amide bonds. The summed E-state index contributed by atoms with van der Waals surface area (Å²) in [6.07, 6.45) is 0. The summed E-state index contributed by atoms with van der Waals surface area (Å²) in [5, 5.41) is 23.1. The first-order chi connectivity index (χ1) is 10.9. The standard InChI is InChI=1S/C15H11FN2O4S/c16-11-4-2-1-3-9(11)13(20)18-15(23)17-8-5-6-12(19)10(7-8)14(21)22/h1-7,19H,(H,21,22)(H2,17,18,20,23). The number of carboxylic acid groups (broad SMARTS) is 1. The zero-order chi connectivity index (χ0) is 17.0. The second-order valence-electron chi connectivity index (χ2n) is 4.43. The fourth-order valence-electron chi connectivity index (χ4n) is 1.76. The van der Waals surface area contributed by atoms with Crippen LogP contribution in [-0.4, -0.2) is 27.2 Å². The van der Waals surface area contributed by atoms with Crippen molar-refractivity contribution in [2.24, 2.45) is 0 Å². The van der Waals surface area contributed by atoms with E-state index in [0.29, 0.717) is 0 Å². The van der Waals surface area contributed by atoms with Gasteiger partial charge in [-0.15, -0.1) is 0 Å². The minimum Gasteiger partial charge on any atom is -0.507 e. The fourth-order valence-corrected chi connectivity index (χ4v) is 1.97. The Bertz CT molecular complexity index is 795. The molecule has 0 saturated carbocycles. The Kier molecular flexibility index (Phi) is 4.87. The third-order valence-corrected chi connectivity index (χ3v) is 3.03. The molecule has 0 unspecified atom stereocenters. The Morgan fingerprint density at radius 1 is 1.09 bits per heavy atom. The highest BCUT2D eigenvalue weighted by molar-refractivity contribution is 7.80. The molecule has 23 heavy (non-hydrogen) atoms. The van der Waals surface area contributed by atoms with E-state index in [2.05, 4.69) is 10.6 Å². The second-order valence-corrected chi connectivity index (χ2v) is 4.83. The van der Waals surface area contributed by atoms with Gasteiger partial charge in [-0.2, -0.15) is 0 Å². The van der Waals surface area contributed by atoms with Crippen LogP contribution in [0.5, 0.6) is 5.75 Å². The predicted molar refractivity (Wildman–Crippen MR) is 85.2 cm³/mol. The quantitative estimate of drug-likeness (QED) is 0.508. The average molecular weight is 334 g/mol. The van der Waals surface area contributed by atoms with Gasteiger partial charge in [0.15, 0.2) is 5.11 Å². The Morgan fingerprint density at radius 3 is 2.43 bits per heavy atom. The SMILES string of the molecule is O=C(O)c1cc(NC(=S)NC(=O)c2ccccc2F)ccc1O. The number of carbonyl (C=O) groups excluding carboxylic acids is 1. The van der Waals surface area contributed by atoms with Crippen molar-refractivity contribution < 1.29 is 24.2 Å². The monoisotopic (exact) mass is 334 g/mol. The summed E-state index contributed by atoms with van der Waals surface area (Å²) < 4.78 is 13.5. The van der Waals surface area contributed by atoms with E-state index in [4.69, 9.17) is 17.3 Å². The van der Waals surface area contributed by atoms with Crippen molar-refractivity contribution in [1.82, 2.24) is 5.32 Å². The first-order valence-electron chi connectivity index (χ1n) is 6.31. The van der Waals surface area contributed by atoms with Gasteiger partial charge in [0.25, 0.3) is 5.91 Å². The fraction of sp³-hybridized carbons (Fsp3) is 0. The van der Waals surface area contributed by atoms with Gasteiger partial charge < -0.3 is 15.5 Å². The van der Waals surface area contributed by atoms with Crippen LogP contribution < -0.4 is 10.6 Å². The van der Waals surface area contributed by atoms with Crippen LogP contribution in [0.25, 0.3) is 0 Å². The van der Waals surface area contributed by atoms with Gasteiger partial charge in [-0.05, 0) is 42.5 Å². The minimum atomic E-state index is -1.31. The highest BCUT2D eigenvalue weighted by Gasteiger charge is 2.14. The van der Waals surface area contributed by atoms with Crippen molar-refractivity contribution in [3.05, 3.63) is 59.4 Å². The average Bonchev–Trinajstić information content (AvgIpc) is 2.49. The maximum atomic E-state index is 13.5. The topological polar surface area (TPSA) is 98.7 Å². The molecule has 0 heterocycles. The summed E-state index contributed by atoms with van der Waals surface area (Å²) in [6, 6.07) is 9.11. The Balaban J connectivity index is 2.08. The number of thiocarbonyl (C=S) groups is 1. The second kappa shape index (κ2) is 6.84. The lowest BCUT2D eigenvalue weighted by Crippen LogP contribution is -2.34. The summed E-state index contributed by atoms with van der Waals surface area (Å²) in [4.78, 5) is 22.8. The largest absolute Gasteiger partial charge is 0.507 e. The number of anilines is 1. The number of hydrogen-bond acceptors (Lipinski definition) is 4. The van der Waals surface area contributed by atoms with Crippen molar-refractivity contribution in [3.8, 4) is 5.75 Å². The molecule has 0 atom stereocenters. The van der Waals surface area contributed by atoms with Crippen LogP contribution in [0.1, 0.15) is 20.7 Å². The lowest BCUT2D eigenvalue weighted by molar-refractivity contribution is 0.0693. The molecular formula is C15H11FN2O4S. The number of halogens is 1. The lowest BCUT2D eigenvalue weighted by atomic mass is 10.2. The van der Waals surface area contributed by atoms with Crippen LogP contribution >= 0.6 is 12.2 Å². The first-order valence-corrected chi connectivity index (χ1v) is 6.72. The summed E-state index contributed by atoms with van der Waals surface area (Å²) in [5.41, 5.74) is -0.245. The maximum absolute atomic E-state index is 13.5. The lowest BCUT2D eigenvalue weighted by Gasteiger charge is -2.11. The van der Waals surface area contributed by atoms with Crippen LogP contribution in [0.15, 0.2) is 42.5 Å². The van der Waals surface area contributed by atoms with Gasteiger partial charge in [0, 0.05) is 5.69 Å². The van der Waals surface area contributed by atoms with Crippen LogP contribution in [0.4, 0.5) is 10.1 Å². The number of nitrogens with one attached hydrogen (secondary N) is 2. The molecule has 0 bridgehead atoms. The molecule has 8 heteroatoms. The van der Waals surface area contributed by atoms with E-state index < -0.39 is 23.4 Å². The van der Waals surface area contributed by atoms with Gasteiger partial charge in [-0.25, -0.2) is 9.18 Å². The molecule has 4 N–H and O–H groups in total. The number of benzene rings is 2. The van der Waals surface area contributed by atoms with Crippen LogP contribution in [0, 0.1) is 5.82 Å². The molecule has 0 aromatic heterocycles. The summed E-state index contributed by atoms with van der Waals surface area (Å²) in [6.45, 7) is 0. The van der Waals surface area contributed by atoms with Crippen LogP contribution in [-0.2, 0) is 0 Å². The van der Waals surface area contributed by atoms with Gasteiger partial charge >= 0.3 is 5.97 Å². The smallest absolute Gasteiger partial charge is 0.339 e. The Hall–Kier alpha value is -3.00. The number of hydrogen-bond donors (Lipinski definition) is 4. The maximum Gasteiger partial charge on any atom is 0.339 e. The predicted octanol–water partition coefficient (Wildman–Crippen LogP) is 2.36. The van der Waals surface area contributed by atoms with E-state index in [1.807, 2.05) is 0 Å². The number of carbonyl (C=O) groups is 2. The normalized spacial score (nSPS) is 9.96. The third-order valence-electron chi connectivity index (χ3n) is 2.83. The molecule has 2 rings (SSSR count). The van der Waals surface area contributed by atoms with Gasteiger partial charge in [0.2, 0.25) is 0 Å². The molecule has 0 spiro atoms. The number of aromatic hydroxyl groups is 1. The molecule has 0 aliphatic heterocycles. The minimum absolute atomic E-state index is 0.139. The highest BCUT2D eigenvalue weighted by Crippen LogP contribution is 2.21. The number of rotatable bonds is 3. The van der Waals surface area contributed by atoms with Crippen molar-refractivity contribution in [2.45, 2.75) is 0 Å². The van der Waals surface area contributed by atoms with E-state index >= 15 is 0 Å². The molecule has 118 valence electrons. The number of amides is 1. The molecule has 2 aromatic rings. The van der Waals surface area contributed by atoms with Crippen LogP contribution in [0.2, 0.25) is 0 Å². The van der Waals surface area contributed by atoms with Crippen molar-refractivity contribution in [2.75, 3.05) is 5.32 Å². The van der Waals surface area contributed by atoms with E-state index in [1.165, 1.54) is 30.3 Å². The molecular weight excluding hydrogens is 323 g/mol. The van der Waals surface area contributed by atoms with Crippen LogP contribution in [0.3, 0.4) is 0 Å². The zero-order valence-electron chi connectivity index (χ0n) is 11.5. The molecule has 0 aliphatic carbocycles. The summed E-state index contributed by atoms with van der Waals surface area (Å²) in [5.74, 6) is -3.14. The summed E-state index contributed by atoms with van der Waals surface area (Å²) in [7, 11) is 0. The molecule has 0 radical (unpaired) electrons. The zero-order valence-corrected chi connectivity index (χ0v) is 12.4. The number of aromatic carboxylic acids is 1. The van der Waals surface area contributed by atoms with E-state index in [9.17, 15) is 19.1 Å². The molecule has 0 fully saturated rings. The number of phenols is 1. The van der Waals surface area contributed by atoms with Crippen molar-refractivity contribution >= 4 is 34.9 Å². The van der Waals surface area contributed by atoms with Gasteiger partial charge in [-0.1, -0.05) is 12.1 Å². The van der Waals surface area contributed by atoms with E-state index in [1.54, 1.807) is 0 Å². The molecule has 6 nitrogen and oxygen atoms in total. The van der Waals surface area contributed by atoms with Crippen molar-refractivity contribution in [3.63, 3.8) is 0 Å². The Labute approximate surface area is 135 Å². The van der Waals surface area contributed by atoms with Gasteiger partial charge in [0.05, 0.1) is 5.56 Å². The molecule has 2 aromatic carbocycles. The van der Waals surface area contributed by atoms with Gasteiger partial charge in [0.1, 0.15) is 17.1 Å². The van der Waals surface area contributed by atoms with E-state index in [0.717, 1.165) is 12.1 Å². The third kappa shape index (κ3) is 4.01. The Morgan fingerprint density at radius 2 is 1.78 bits per heavy atom. The van der Waals surface area contributed by atoms with Crippen molar-refractivity contribution in [1.29, 1.82) is 0 Å². The molecule has 0 saturated heterocycles. The van der Waals surface area contributed by atoms with E-state index in [-0.39, 0.29) is 21.9 Å². The highest BCUT2D eigenvalue weighted by atomic mass is 32.1. The summed E-state index contributed by atoms with van der Waals surface area (Å²) >= 11 is 4.92. The molecule has 0 aliphatic rings. The first kappa shape index (κ1) is 16.4. The number of carboxylic acids is 1. The van der Waals surface area contributed by atoms with Gasteiger partial charge in [-0.3, -0.25) is 10.1 Å².